The van der Waals surface area contributed by atoms with Crippen LogP contribution in [0.15, 0.2) is 24.3 Å². The number of aliphatic carboxylic acids is 1. The first kappa shape index (κ1) is 14.2. The topological polar surface area (TPSA) is 70.1 Å². The summed E-state index contributed by atoms with van der Waals surface area (Å²) in [5, 5.41) is 9.12. The summed E-state index contributed by atoms with van der Waals surface area (Å²) in [5.41, 5.74) is 0.701. The molecule has 20 heavy (non-hydrogen) atoms. The minimum Gasteiger partial charge on any atom is -0.497 e. The Morgan fingerprint density at radius 2 is 2.00 bits per heavy atom. The number of nitrogens with zero attached hydrogens (tertiary/aromatic N) is 2. The zero-order valence-corrected chi connectivity index (χ0v) is 11.6. The van der Waals surface area contributed by atoms with Gasteiger partial charge in [0.2, 0.25) is 0 Å². The van der Waals surface area contributed by atoms with Gasteiger partial charge in [-0.1, -0.05) is 0 Å². The molecule has 0 radical (unpaired) electrons. The van der Waals surface area contributed by atoms with E-state index < -0.39 is 12.0 Å². The second-order valence-electron chi connectivity index (χ2n) is 4.73. The van der Waals surface area contributed by atoms with Crippen molar-refractivity contribution in [3.05, 3.63) is 24.3 Å². The van der Waals surface area contributed by atoms with Crippen LogP contribution in [0.3, 0.4) is 0 Å². The Morgan fingerprint density at radius 3 is 2.55 bits per heavy atom. The van der Waals surface area contributed by atoms with E-state index in [1.807, 2.05) is 0 Å². The monoisotopic (exact) mass is 278 g/mol. The van der Waals surface area contributed by atoms with E-state index in [1.165, 1.54) is 9.80 Å². The van der Waals surface area contributed by atoms with Gasteiger partial charge in [-0.05, 0) is 37.1 Å². The Bertz CT molecular complexity index is 500. The third-order valence-corrected chi connectivity index (χ3v) is 3.53. The van der Waals surface area contributed by atoms with Crippen molar-refractivity contribution in [3.63, 3.8) is 0 Å². The van der Waals surface area contributed by atoms with E-state index in [2.05, 4.69) is 0 Å². The Kier molecular flexibility index (Phi) is 4.12. The highest BCUT2D eigenvalue weighted by Crippen LogP contribution is 2.23. The van der Waals surface area contributed by atoms with Gasteiger partial charge < -0.3 is 14.7 Å². The smallest absolute Gasteiger partial charge is 0.326 e. The third kappa shape index (κ3) is 2.68. The number of anilines is 1. The summed E-state index contributed by atoms with van der Waals surface area (Å²) >= 11 is 0. The maximum atomic E-state index is 12.4. The molecule has 0 saturated carbocycles. The van der Waals surface area contributed by atoms with Crippen LogP contribution in [0.25, 0.3) is 0 Å². The van der Waals surface area contributed by atoms with Gasteiger partial charge in [-0.2, -0.15) is 0 Å². The number of carbonyl (C=O) groups is 2. The summed E-state index contributed by atoms with van der Waals surface area (Å²) in [4.78, 5) is 26.4. The van der Waals surface area contributed by atoms with Crippen LogP contribution in [-0.4, -0.2) is 48.8 Å². The Morgan fingerprint density at radius 1 is 1.35 bits per heavy atom. The number of ether oxygens (including phenoxy) is 1. The van der Waals surface area contributed by atoms with E-state index in [0.717, 1.165) is 6.42 Å². The molecule has 0 bridgehead atoms. The van der Waals surface area contributed by atoms with Crippen LogP contribution >= 0.6 is 0 Å². The van der Waals surface area contributed by atoms with Gasteiger partial charge in [0.15, 0.2) is 0 Å². The summed E-state index contributed by atoms with van der Waals surface area (Å²) in [6.07, 6.45) is 1.23. The van der Waals surface area contributed by atoms with Crippen LogP contribution in [0.4, 0.5) is 10.5 Å². The second kappa shape index (κ2) is 5.81. The fourth-order valence-electron chi connectivity index (χ4n) is 2.36. The lowest BCUT2D eigenvalue weighted by atomic mass is 10.2. The van der Waals surface area contributed by atoms with Gasteiger partial charge in [-0.15, -0.1) is 0 Å². The lowest BCUT2D eigenvalue weighted by Crippen LogP contribution is -2.46. The minimum absolute atomic E-state index is 0.292. The van der Waals surface area contributed by atoms with Crippen molar-refractivity contribution in [1.29, 1.82) is 0 Å². The molecular weight excluding hydrogens is 260 g/mol. The van der Waals surface area contributed by atoms with E-state index in [1.54, 1.807) is 38.4 Å². The van der Waals surface area contributed by atoms with Crippen molar-refractivity contribution in [2.45, 2.75) is 18.9 Å². The van der Waals surface area contributed by atoms with E-state index in [4.69, 9.17) is 9.84 Å². The molecule has 1 N–H and O–H groups in total. The van der Waals surface area contributed by atoms with Crippen molar-refractivity contribution >= 4 is 17.7 Å². The molecule has 6 heteroatoms. The molecule has 2 rings (SSSR count). The van der Waals surface area contributed by atoms with Gasteiger partial charge in [0.25, 0.3) is 0 Å². The molecule has 0 aliphatic carbocycles. The number of carboxylic acid groups (broad SMARTS) is 1. The van der Waals surface area contributed by atoms with Crippen molar-refractivity contribution < 1.29 is 19.4 Å². The van der Waals surface area contributed by atoms with Gasteiger partial charge in [0.05, 0.1) is 7.11 Å². The summed E-state index contributed by atoms with van der Waals surface area (Å²) in [6.45, 7) is 0.482. The molecule has 0 aromatic heterocycles. The predicted octanol–water partition coefficient (Wildman–Crippen LogP) is 1.80. The van der Waals surface area contributed by atoms with Gasteiger partial charge in [0, 0.05) is 19.3 Å². The van der Waals surface area contributed by atoms with Crippen LogP contribution in [0.5, 0.6) is 5.75 Å². The van der Waals surface area contributed by atoms with Crippen molar-refractivity contribution in [2.24, 2.45) is 0 Å². The molecule has 1 aromatic carbocycles. The van der Waals surface area contributed by atoms with Crippen LogP contribution < -0.4 is 9.64 Å². The molecule has 1 atom stereocenters. The summed E-state index contributed by atoms with van der Waals surface area (Å²) < 4.78 is 5.07. The Hall–Kier alpha value is -2.24. The number of urea groups is 1. The third-order valence-electron chi connectivity index (χ3n) is 3.53. The molecular formula is C14H18N2O4. The molecule has 0 spiro atoms. The zero-order chi connectivity index (χ0) is 14.7. The van der Waals surface area contributed by atoms with Gasteiger partial charge >= 0.3 is 12.0 Å². The van der Waals surface area contributed by atoms with Crippen molar-refractivity contribution in [2.75, 3.05) is 25.6 Å². The number of rotatable bonds is 3. The fraction of sp³-hybridized carbons (Fsp3) is 0.429. The molecule has 1 saturated heterocycles. The standard InChI is InChI=1S/C14H18N2O4/c1-15(10-5-7-11(20-2)8-6-10)14(19)16-9-3-4-12(16)13(17)18/h5-8,12H,3-4,9H2,1-2H3,(H,17,18)/t12-/m1/s1. The molecule has 1 aliphatic heterocycles. The van der Waals surface area contributed by atoms with Crippen molar-refractivity contribution in [1.82, 2.24) is 4.90 Å². The van der Waals surface area contributed by atoms with Crippen LogP contribution in [0, 0.1) is 0 Å². The molecule has 1 aromatic rings. The zero-order valence-electron chi connectivity index (χ0n) is 11.6. The first-order valence-electron chi connectivity index (χ1n) is 6.45. The Balaban J connectivity index is 2.13. The summed E-state index contributed by atoms with van der Waals surface area (Å²) in [6, 6.07) is 6.05. The van der Waals surface area contributed by atoms with Gasteiger partial charge in [0.1, 0.15) is 11.8 Å². The summed E-state index contributed by atoms with van der Waals surface area (Å²) in [5.74, 6) is -0.238. The van der Waals surface area contributed by atoms with E-state index in [-0.39, 0.29) is 6.03 Å². The average Bonchev–Trinajstić information content (AvgIpc) is 2.95. The Labute approximate surface area is 117 Å². The van der Waals surface area contributed by atoms with E-state index in [9.17, 15) is 9.59 Å². The fourth-order valence-corrected chi connectivity index (χ4v) is 2.36. The molecule has 1 aliphatic rings. The van der Waals surface area contributed by atoms with Crippen molar-refractivity contribution in [3.8, 4) is 5.75 Å². The van der Waals surface area contributed by atoms with E-state index in [0.29, 0.717) is 24.4 Å². The number of methoxy groups -OCH3 is 1. The first-order valence-corrected chi connectivity index (χ1v) is 6.45. The van der Waals surface area contributed by atoms with Crippen LogP contribution in [0.2, 0.25) is 0 Å². The molecule has 1 fully saturated rings. The van der Waals surface area contributed by atoms with Gasteiger partial charge in [-0.3, -0.25) is 4.90 Å². The molecule has 1 heterocycles. The largest absolute Gasteiger partial charge is 0.497 e. The molecule has 0 unspecified atom stereocenters. The summed E-state index contributed by atoms with van der Waals surface area (Å²) in [7, 11) is 3.22. The number of likely N-dealkylation sites (tertiary alicyclic amines) is 1. The normalized spacial score (nSPS) is 17.9. The number of hydrogen-bond donors (Lipinski definition) is 1. The van der Waals surface area contributed by atoms with E-state index >= 15 is 0 Å². The average molecular weight is 278 g/mol. The maximum Gasteiger partial charge on any atom is 0.326 e. The maximum absolute atomic E-state index is 12.4. The van der Waals surface area contributed by atoms with Crippen LogP contribution in [0.1, 0.15) is 12.8 Å². The predicted molar refractivity (Wildman–Crippen MR) is 74.2 cm³/mol. The molecule has 6 nitrogen and oxygen atoms in total. The van der Waals surface area contributed by atoms with Crippen LogP contribution in [-0.2, 0) is 4.79 Å². The number of benzene rings is 1. The SMILES string of the molecule is COc1ccc(N(C)C(=O)N2CCC[C@@H]2C(=O)O)cc1. The number of amides is 2. The lowest BCUT2D eigenvalue weighted by Gasteiger charge is -2.27. The second-order valence-corrected chi connectivity index (χ2v) is 4.73. The number of carbonyl (C=O) groups excluding carboxylic acids is 1. The quantitative estimate of drug-likeness (QED) is 0.915. The highest BCUT2D eigenvalue weighted by molar-refractivity contribution is 5.94. The minimum atomic E-state index is -0.945. The number of carboxylic acids is 1. The highest BCUT2D eigenvalue weighted by Gasteiger charge is 2.35. The lowest BCUT2D eigenvalue weighted by molar-refractivity contribution is -0.141. The molecule has 108 valence electrons. The van der Waals surface area contributed by atoms with Gasteiger partial charge in [-0.25, -0.2) is 9.59 Å². The highest BCUT2D eigenvalue weighted by atomic mass is 16.5. The first-order chi connectivity index (χ1) is 9.54. The molecule has 2 amide bonds. The number of hydrogen-bond acceptors (Lipinski definition) is 3.